The molecule has 1 saturated heterocycles. The second-order valence-corrected chi connectivity index (χ2v) is 6.63. The molecule has 0 radical (unpaired) electrons. The van der Waals surface area contributed by atoms with E-state index >= 15 is 0 Å². The van der Waals surface area contributed by atoms with Crippen LogP contribution in [0.15, 0.2) is 18.2 Å². The van der Waals surface area contributed by atoms with Crippen LogP contribution in [-0.4, -0.2) is 35.9 Å². The number of hydrogen-bond donors (Lipinski definition) is 0. The molecule has 1 aliphatic carbocycles. The summed E-state index contributed by atoms with van der Waals surface area (Å²) in [6, 6.07) is 5.69. The van der Waals surface area contributed by atoms with Crippen molar-refractivity contribution in [3.63, 3.8) is 0 Å². The molecule has 2 aliphatic rings. The van der Waals surface area contributed by atoms with Gasteiger partial charge in [-0.15, -0.1) is 0 Å². The van der Waals surface area contributed by atoms with Gasteiger partial charge in [0.1, 0.15) is 11.9 Å². The fraction of sp³-hybridized carbons (Fsp3) is 0.562. The van der Waals surface area contributed by atoms with Gasteiger partial charge < -0.3 is 4.74 Å². The van der Waals surface area contributed by atoms with E-state index in [9.17, 15) is 4.79 Å². The second kappa shape index (κ2) is 6.55. The van der Waals surface area contributed by atoms with E-state index in [1.165, 1.54) is 6.42 Å². The maximum Gasteiger partial charge on any atom is 0.156 e. The van der Waals surface area contributed by atoms with E-state index in [4.69, 9.17) is 27.9 Å². The molecule has 3 nitrogen and oxygen atoms in total. The van der Waals surface area contributed by atoms with Gasteiger partial charge in [-0.25, -0.2) is 0 Å². The van der Waals surface area contributed by atoms with E-state index in [1.807, 2.05) is 6.07 Å². The Morgan fingerprint density at radius 1 is 1.14 bits per heavy atom. The molecule has 1 aromatic carbocycles. The topological polar surface area (TPSA) is 29.5 Å². The second-order valence-electron chi connectivity index (χ2n) is 5.82. The molecule has 0 unspecified atom stereocenters. The molecule has 0 spiro atoms. The molecule has 0 N–H and O–H groups in total. The Kier molecular flexibility index (Phi) is 4.72. The highest BCUT2D eigenvalue weighted by Gasteiger charge is 2.35. The summed E-state index contributed by atoms with van der Waals surface area (Å²) in [7, 11) is 0. The molecule has 0 amide bonds. The first kappa shape index (κ1) is 15.1. The van der Waals surface area contributed by atoms with Gasteiger partial charge in [0.15, 0.2) is 5.75 Å². The van der Waals surface area contributed by atoms with Gasteiger partial charge in [-0.2, -0.15) is 0 Å². The third kappa shape index (κ3) is 3.36. The fourth-order valence-corrected chi connectivity index (χ4v) is 3.80. The van der Waals surface area contributed by atoms with E-state index in [0.29, 0.717) is 34.5 Å². The summed E-state index contributed by atoms with van der Waals surface area (Å²) in [5.41, 5.74) is 0. The highest BCUT2D eigenvalue weighted by Crippen LogP contribution is 2.36. The van der Waals surface area contributed by atoms with Crippen molar-refractivity contribution in [2.24, 2.45) is 0 Å². The molecule has 2 fully saturated rings. The first-order valence-corrected chi connectivity index (χ1v) is 8.27. The van der Waals surface area contributed by atoms with Gasteiger partial charge in [-0.3, -0.25) is 9.69 Å². The lowest BCUT2D eigenvalue weighted by Gasteiger charge is -2.37. The number of carbonyl (C=O) groups is 1. The van der Waals surface area contributed by atoms with Crippen molar-refractivity contribution in [1.29, 1.82) is 0 Å². The Morgan fingerprint density at radius 2 is 1.86 bits per heavy atom. The number of halogens is 2. The average molecular weight is 328 g/mol. The van der Waals surface area contributed by atoms with E-state index in [0.717, 1.165) is 25.8 Å². The number of hydrogen-bond acceptors (Lipinski definition) is 3. The molecule has 0 bridgehead atoms. The maximum atomic E-state index is 11.5. The average Bonchev–Trinajstić information content (AvgIpc) is 2.90. The van der Waals surface area contributed by atoms with Gasteiger partial charge in [-0.1, -0.05) is 35.7 Å². The Morgan fingerprint density at radius 3 is 2.52 bits per heavy atom. The van der Waals surface area contributed by atoms with Crippen LogP contribution in [0.2, 0.25) is 10.0 Å². The summed E-state index contributed by atoms with van der Waals surface area (Å²) in [6.45, 7) is 1.40. The number of nitrogens with zero attached hydrogens (tertiary/aromatic N) is 1. The lowest BCUT2D eigenvalue weighted by molar-refractivity contribution is -0.117. The van der Waals surface area contributed by atoms with E-state index in [1.54, 1.807) is 12.1 Å². The summed E-state index contributed by atoms with van der Waals surface area (Å²) < 4.78 is 6.16. The fourth-order valence-electron chi connectivity index (χ4n) is 3.31. The minimum atomic E-state index is 0.0575. The molecule has 1 heterocycles. The molecule has 1 aliphatic heterocycles. The van der Waals surface area contributed by atoms with Crippen molar-refractivity contribution < 1.29 is 9.53 Å². The van der Waals surface area contributed by atoms with Crippen LogP contribution in [0.25, 0.3) is 0 Å². The quantitative estimate of drug-likeness (QED) is 0.841. The van der Waals surface area contributed by atoms with Gasteiger partial charge >= 0.3 is 0 Å². The van der Waals surface area contributed by atoms with Crippen LogP contribution in [0.4, 0.5) is 0 Å². The van der Waals surface area contributed by atoms with Crippen molar-refractivity contribution in [2.45, 2.75) is 44.2 Å². The summed E-state index contributed by atoms with van der Waals surface area (Å²) >= 11 is 12.4. The molecule has 0 aromatic heterocycles. The van der Waals surface area contributed by atoms with Gasteiger partial charge in [0.2, 0.25) is 0 Å². The third-order valence-corrected chi connectivity index (χ3v) is 4.98. The lowest BCUT2D eigenvalue weighted by Crippen LogP contribution is -2.47. The van der Waals surface area contributed by atoms with Crippen LogP contribution in [0.5, 0.6) is 5.75 Å². The Labute approximate surface area is 135 Å². The number of ether oxygens (including phenoxy) is 1. The van der Waals surface area contributed by atoms with Gasteiger partial charge in [-0.05, 0) is 31.4 Å². The molecule has 3 rings (SSSR count). The smallest absolute Gasteiger partial charge is 0.156 e. The molecule has 114 valence electrons. The predicted molar refractivity (Wildman–Crippen MR) is 84.3 cm³/mol. The Balaban J connectivity index is 1.77. The molecular weight excluding hydrogens is 309 g/mol. The SMILES string of the molecule is O=C1CCN([C@H]2CCCC[C@@H]2Oc2c(Cl)cccc2Cl)C1. The van der Waals surface area contributed by atoms with Crippen LogP contribution >= 0.6 is 23.2 Å². The number of rotatable bonds is 3. The van der Waals surface area contributed by atoms with Crippen LogP contribution in [0, 0.1) is 0 Å². The monoisotopic (exact) mass is 327 g/mol. The van der Waals surface area contributed by atoms with Crippen LogP contribution in [0.1, 0.15) is 32.1 Å². The van der Waals surface area contributed by atoms with Crippen LogP contribution < -0.4 is 4.74 Å². The molecule has 21 heavy (non-hydrogen) atoms. The molecular formula is C16H19Cl2NO2. The normalized spacial score (nSPS) is 27.0. The summed E-state index contributed by atoms with van der Waals surface area (Å²) in [5, 5.41) is 1.09. The summed E-state index contributed by atoms with van der Waals surface area (Å²) in [5.74, 6) is 0.901. The van der Waals surface area contributed by atoms with E-state index in [-0.39, 0.29) is 12.1 Å². The van der Waals surface area contributed by atoms with Crippen molar-refractivity contribution in [2.75, 3.05) is 13.1 Å². The third-order valence-electron chi connectivity index (χ3n) is 4.38. The van der Waals surface area contributed by atoms with Crippen LogP contribution in [0.3, 0.4) is 0 Å². The minimum absolute atomic E-state index is 0.0575. The van der Waals surface area contributed by atoms with Gasteiger partial charge in [0.05, 0.1) is 16.6 Å². The van der Waals surface area contributed by atoms with E-state index in [2.05, 4.69) is 4.90 Å². The van der Waals surface area contributed by atoms with Crippen molar-refractivity contribution in [3.05, 3.63) is 28.2 Å². The largest absolute Gasteiger partial charge is 0.486 e. The predicted octanol–water partition coefficient (Wildman–Crippen LogP) is 3.96. The molecule has 1 saturated carbocycles. The number of ketones is 1. The Hall–Kier alpha value is -0.770. The summed E-state index contributed by atoms with van der Waals surface area (Å²) in [4.78, 5) is 13.8. The highest BCUT2D eigenvalue weighted by molar-refractivity contribution is 6.37. The Bertz CT molecular complexity index is 515. The van der Waals surface area contributed by atoms with Crippen molar-refractivity contribution in [3.8, 4) is 5.75 Å². The van der Waals surface area contributed by atoms with Crippen LogP contribution in [-0.2, 0) is 4.79 Å². The minimum Gasteiger partial charge on any atom is -0.486 e. The van der Waals surface area contributed by atoms with Crippen molar-refractivity contribution in [1.82, 2.24) is 4.90 Å². The van der Waals surface area contributed by atoms with E-state index < -0.39 is 0 Å². The first-order chi connectivity index (χ1) is 10.1. The number of Topliss-reactive ketones (excluding diaryl/α,β-unsaturated/α-hetero) is 1. The molecule has 2 atom stereocenters. The zero-order chi connectivity index (χ0) is 14.8. The highest BCUT2D eigenvalue weighted by atomic mass is 35.5. The zero-order valence-corrected chi connectivity index (χ0v) is 13.4. The van der Waals surface area contributed by atoms with Crippen molar-refractivity contribution >= 4 is 29.0 Å². The number of para-hydroxylation sites is 1. The van der Waals surface area contributed by atoms with Gasteiger partial charge in [0.25, 0.3) is 0 Å². The zero-order valence-electron chi connectivity index (χ0n) is 11.9. The number of likely N-dealkylation sites (tertiary alicyclic amines) is 1. The number of benzene rings is 1. The number of carbonyl (C=O) groups excluding carboxylic acids is 1. The first-order valence-electron chi connectivity index (χ1n) is 7.51. The molecule has 5 heteroatoms. The molecule has 1 aromatic rings. The maximum absolute atomic E-state index is 11.5. The lowest BCUT2D eigenvalue weighted by atomic mass is 9.91. The van der Waals surface area contributed by atoms with Gasteiger partial charge in [0, 0.05) is 19.0 Å². The standard InChI is InChI=1S/C16H19Cl2NO2/c17-12-4-3-5-13(18)16(12)21-15-7-2-1-6-14(15)19-9-8-11(20)10-19/h3-5,14-15H,1-2,6-10H2/t14-,15-/m0/s1. The summed E-state index contributed by atoms with van der Waals surface area (Å²) in [6.07, 6.45) is 5.10.